The number of fused-ring (bicyclic) bond motifs is 1. The van der Waals surface area contributed by atoms with Crippen LogP contribution in [0.25, 0.3) is 16.6 Å². The molecule has 7 heteroatoms. The number of aromatic nitrogens is 2. The maximum atomic E-state index is 13.6. The van der Waals surface area contributed by atoms with Gasteiger partial charge in [0.1, 0.15) is 6.07 Å². The molecule has 4 aromatic rings. The van der Waals surface area contributed by atoms with Gasteiger partial charge in [0.25, 0.3) is 5.56 Å². The molecule has 1 heterocycles. The lowest BCUT2D eigenvalue weighted by Gasteiger charge is -2.20. The summed E-state index contributed by atoms with van der Waals surface area (Å²) >= 11 is 1.21. The van der Waals surface area contributed by atoms with Gasteiger partial charge in [0, 0.05) is 0 Å². The van der Waals surface area contributed by atoms with Crippen molar-refractivity contribution < 1.29 is 4.79 Å². The molecule has 170 valence electrons. The summed E-state index contributed by atoms with van der Waals surface area (Å²) in [5.74, 6) is -0.0885. The van der Waals surface area contributed by atoms with Crippen LogP contribution in [0.15, 0.2) is 82.7 Å². The smallest absolute Gasteiger partial charge is 0.266 e. The van der Waals surface area contributed by atoms with Gasteiger partial charge in [0.15, 0.2) is 5.16 Å². The van der Waals surface area contributed by atoms with E-state index in [1.54, 1.807) is 47.9 Å². The average molecular weight is 469 g/mol. The van der Waals surface area contributed by atoms with Crippen molar-refractivity contribution in [3.05, 3.63) is 94.3 Å². The number of amides is 1. The number of rotatable bonds is 6. The third-order valence-corrected chi connectivity index (χ3v) is 6.55. The van der Waals surface area contributed by atoms with E-state index in [4.69, 9.17) is 4.98 Å². The minimum atomic E-state index is -0.572. The van der Waals surface area contributed by atoms with Gasteiger partial charge < -0.3 is 5.32 Å². The van der Waals surface area contributed by atoms with E-state index in [0.29, 0.717) is 27.3 Å². The zero-order valence-corrected chi connectivity index (χ0v) is 20.0. The maximum absolute atomic E-state index is 13.6. The highest BCUT2D eigenvalue weighted by Crippen LogP contribution is 2.29. The van der Waals surface area contributed by atoms with Gasteiger partial charge in [-0.15, -0.1) is 0 Å². The lowest BCUT2D eigenvalue weighted by molar-refractivity contribution is -0.115. The second-order valence-corrected chi connectivity index (χ2v) is 9.48. The Labute approximate surface area is 202 Å². The van der Waals surface area contributed by atoms with Crippen LogP contribution < -0.4 is 10.9 Å². The molecule has 0 saturated heterocycles. The second kappa shape index (κ2) is 9.94. The van der Waals surface area contributed by atoms with Crippen molar-refractivity contribution in [2.24, 2.45) is 0 Å². The Kier molecular flexibility index (Phi) is 6.80. The molecule has 1 N–H and O–H groups in total. The Balaban J connectivity index is 1.78. The van der Waals surface area contributed by atoms with E-state index < -0.39 is 5.25 Å². The molecule has 0 aliphatic rings. The number of anilines is 1. The van der Waals surface area contributed by atoms with E-state index in [-0.39, 0.29) is 17.4 Å². The van der Waals surface area contributed by atoms with Crippen molar-refractivity contribution in [2.45, 2.75) is 37.1 Å². The second-order valence-electron chi connectivity index (χ2n) is 8.17. The van der Waals surface area contributed by atoms with Gasteiger partial charge in [0.05, 0.1) is 33.1 Å². The van der Waals surface area contributed by atoms with Crippen molar-refractivity contribution in [3.63, 3.8) is 0 Å². The third kappa shape index (κ3) is 4.59. The lowest BCUT2D eigenvalue weighted by atomic mass is 10.0. The van der Waals surface area contributed by atoms with E-state index in [1.807, 2.05) is 36.4 Å². The minimum absolute atomic E-state index is 0.177. The first-order chi connectivity index (χ1) is 16.4. The quantitative estimate of drug-likeness (QED) is 0.298. The van der Waals surface area contributed by atoms with Crippen molar-refractivity contribution in [3.8, 4) is 11.8 Å². The molecule has 1 unspecified atom stereocenters. The molecule has 4 rings (SSSR count). The Hall–Kier alpha value is -3.89. The van der Waals surface area contributed by atoms with Gasteiger partial charge in [0.2, 0.25) is 5.91 Å². The highest BCUT2D eigenvalue weighted by atomic mass is 32.2. The SMILES string of the molecule is CC(Sc1nc2ccccc2c(=O)n1-c1ccccc1C(C)C)C(=O)Nc1ccccc1C#N. The van der Waals surface area contributed by atoms with Crippen molar-refractivity contribution >= 4 is 34.3 Å². The summed E-state index contributed by atoms with van der Waals surface area (Å²) in [6.07, 6.45) is 0. The average Bonchev–Trinajstić information content (AvgIpc) is 2.84. The Morgan fingerprint density at radius 2 is 1.68 bits per heavy atom. The molecule has 0 saturated carbocycles. The number of thioether (sulfide) groups is 1. The first-order valence-electron chi connectivity index (χ1n) is 11.0. The number of carbonyl (C=O) groups is 1. The predicted molar refractivity (Wildman–Crippen MR) is 137 cm³/mol. The number of benzene rings is 3. The minimum Gasteiger partial charge on any atom is -0.324 e. The summed E-state index contributed by atoms with van der Waals surface area (Å²) < 4.78 is 1.61. The van der Waals surface area contributed by atoms with Gasteiger partial charge in [-0.2, -0.15) is 5.26 Å². The first-order valence-corrected chi connectivity index (χ1v) is 11.9. The van der Waals surface area contributed by atoms with Crippen molar-refractivity contribution in [1.82, 2.24) is 9.55 Å². The molecule has 1 atom stereocenters. The van der Waals surface area contributed by atoms with Crippen LogP contribution in [-0.4, -0.2) is 20.7 Å². The number of nitriles is 1. The summed E-state index contributed by atoms with van der Waals surface area (Å²) in [4.78, 5) is 31.4. The van der Waals surface area contributed by atoms with E-state index in [9.17, 15) is 14.9 Å². The number of nitrogens with one attached hydrogen (secondary N) is 1. The highest BCUT2D eigenvalue weighted by Gasteiger charge is 2.22. The normalized spacial score (nSPS) is 11.9. The Morgan fingerprint density at radius 3 is 2.44 bits per heavy atom. The van der Waals surface area contributed by atoms with Gasteiger partial charge in [-0.05, 0) is 48.7 Å². The number of hydrogen-bond donors (Lipinski definition) is 1. The van der Waals surface area contributed by atoms with Crippen LogP contribution >= 0.6 is 11.8 Å². The Bertz CT molecular complexity index is 1470. The zero-order chi connectivity index (χ0) is 24.2. The first kappa shape index (κ1) is 23.3. The summed E-state index contributed by atoms with van der Waals surface area (Å²) in [5, 5.41) is 12.5. The number of para-hydroxylation sites is 3. The fourth-order valence-electron chi connectivity index (χ4n) is 3.72. The van der Waals surface area contributed by atoms with Crippen LogP contribution in [0.5, 0.6) is 0 Å². The van der Waals surface area contributed by atoms with Crippen LogP contribution in [0, 0.1) is 11.3 Å². The Morgan fingerprint density at radius 1 is 1.00 bits per heavy atom. The van der Waals surface area contributed by atoms with E-state index >= 15 is 0 Å². The largest absolute Gasteiger partial charge is 0.324 e. The molecule has 34 heavy (non-hydrogen) atoms. The summed E-state index contributed by atoms with van der Waals surface area (Å²) in [6, 6.07) is 23.9. The molecule has 0 aliphatic heterocycles. The highest BCUT2D eigenvalue weighted by molar-refractivity contribution is 8.00. The van der Waals surface area contributed by atoms with Crippen LogP contribution in [0.2, 0.25) is 0 Å². The molecule has 1 aromatic heterocycles. The molecule has 0 spiro atoms. The lowest BCUT2D eigenvalue weighted by Crippen LogP contribution is -2.27. The van der Waals surface area contributed by atoms with Crippen molar-refractivity contribution in [2.75, 3.05) is 5.32 Å². The van der Waals surface area contributed by atoms with Crippen LogP contribution in [0.3, 0.4) is 0 Å². The van der Waals surface area contributed by atoms with Crippen LogP contribution in [0.4, 0.5) is 5.69 Å². The standard InChI is InChI=1S/C27H24N4O2S/c1-17(2)20-11-6-9-15-24(20)31-26(33)21-12-5-8-14-23(21)30-27(31)34-18(3)25(32)29-22-13-7-4-10-19(22)16-28/h4-15,17-18H,1-3H3,(H,29,32). The fraction of sp³-hybridized carbons (Fsp3) is 0.185. The van der Waals surface area contributed by atoms with Crippen molar-refractivity contribution in [1.29, 1.82) is 5.26 Å². The molecule has 0 radical (unpaired) electrons. The number of carbonyl (C=O) groups excluding carboxylic acids is 1. The molecular weight excluding hydrogens is 444 g/mol. The van der Waals surface area contributed by atoms with Gasteiger partial charge in [-0.1, -0.05) is 68.1 Å². The molecule has 0 bridgehead atoms. The molecule has 6 nitrogen and oxygen atoms in total. The third-order valence-electron chi connectivity index (χ3n) is 5.50. The maximum Gasteiger partial charge on any atom is 0.266 e. The molecule has 0 aliphatic carbocycles. The number of nitrogens with zero attached hydrogens (tertiary/aromatic N) is 3. The van der Waals surface area contributed by atoms with Crippen LogP contribution in [0.1, 0.15) is 37.8 Å². The monoisotopic (exact) mass is 468 g/mol. The van der Waals surface area contributed by atoms with E-state index in [0.717, 1.165) is 11.3 Å². The van der Waals surface area contributed by atoms with Gasteiger partial charge in [-0.3, -0.25) is 14.2 Å². The van der Waals surface area contributed by atoms with Gasteiger partial charge >= 0.3 is 0 Å². The summed E-state index contributed by atoms with van der Waals surface area (Å²) in [7, 11) is 0. The summed E-state index contributed by atoms with van der Waals surface area (Å²) in [6.45, 7) is 5.91. The fourth-order valence-corrected chi connectivity index (χ4v) is 4.64. The molecule has 0 fully saturated rings. The van der Waals surface area contributed by atoms with E-state index in [2.05, 4.69) is 25.2 Å². The predicted octanol–water partition coefficient (Wildman–Crippen LogP) is 5.50. The topological polar surface area (TPSA) is 87.8 Å². The van der Waals surface area contributed by atoms with Gasteiger partial charge in [-0.25, -0.2) is 4.98 Å². The number of hydrogen-bond acceptors (Lipinski definition) is 5. The molecule has 3 aromatic carbocycles. The molecular formula is C27H24N4O2S. The summed E-state index contributed by atoms with van der Waals surface area (Å²) in [5.41, 5.74) is 3.02. The molecule has 1 amide bonds. The van der Waals surface area contributed by atoms with Crippen LogP contribution in [-0.2, 0) is 4.79 Å². The van der Waals surface area contributed by atoms with E-state index in [1.165, 1.54) is 11.8 Å². The zero-order valence-electron chi connectivity index (χ0n) is 19.1.